The molecule has 3 nitrogen and oxygen atoms in total. The quantitative estimate of drug-likeness (QED) is 0.222. The molecule has 0 radical (unpaired) electrons. The molecule has 192 valence electrons. The molecule has 0 aliphatic heterocycles. The van der Waals surface area contributed by atoms with Gasteiger partial charge in [-0.1, -0.05) is 121 Å². The molecule has 8 aromatic rings. The van der Waals surface area contributed by atoms with Crippen molar-refractivity contribution in [1.29, 1.82) is 0 Å². The second kappa shape index (κ2) is 9.77. The first-order valence-electron chi connectivity index (χ1n) is 13.6. The number of fused-ring (bicyclic) bond motifs is 5. The zero-order valence-corrected chi connectivity index (χ0v) is 22.8. The molecular formula is C37H23N3S. The van der Waals surface area contributed by atoms with Crippen LogP contribution in [-0.2, 0) is 0 Å². The maximum Gasteiger partial charge on any atom is 0.160 e. The fourth-order valence-corrected chi connectivity index (χ4v) is 6.72. The molecule has 0 unspecified atom stereocenters. The number of thiophene rings is 1. The van der Waals surface area contributed by atoms with Gasteiger partial charge in [0.1, 0.15) is 0 Å². The van der Waals surface area contributed by atoms with Crippen molar-refractivity contribution < 1.29 is 0 Å². The van der Waals surface area contributed by atoms with E-state index in [1.165, 1.54) is 25.6 Å². The Hall–Kier alpha value is -5.19. The highest BCUT2D eigenvalue weighted by Gasteiger charge is 2.17. The Labute approximate surface area is 241 Å². The molecule has 0 spiro atoms. The fraction of sp³-hybridized carbons (Fsp3) is 0. The van der Waals surface area contributed by atoms with Crippen molar-refractivity contribution in [1.82, 2.24) is 15.0 Å². The van der Waals surface area contributed by atoms with Crippen LogP contribution >= 0.6 is 11.3 Å². The summed E-state index contributed by atoms with van der Waals surface area (Å²) in [5.41, 5.74) is 8.01. The molecule has 8 rings (SSSR count). The van der Waals surface area contributed by atoms with E-state index in [0.717, 1.165) is 44.9 Å². The number of hydrogen-bond acceptors (Lipinski definition) is 4. The topological polar surface area (TPSA) is 38.7 Å². The maximum atomic E-state index is 5.18. The van der Waals surface area contributed by atoms with E-state index in [1.807, 2.05) is 47.7 Å². The second-order valence-electron chi connectivity index (χ2n) is 10.1. The van der Waals surface area contributed by atoms with Gasteiger partial charge in [-0.15, -0.1) is 11.3 Å². The third-order valence-corrected chi connectivity index (χ3v) is 8.70. The summed E-state index contributed by atoms with van der Waals surface area (Å²) in [7, 11) is 0. The number of para-hydroxylation sites is 1. The lowest BCUT2D eigenvalue weighted by Gasteiger charge is -2.11. The van der Waals surface area contributed by atoms with E-state index < -0.39 is 0 Å². The Kier molecular flexibility index (Phi) is 5.64. The summed E-state index contributed by atoms with van der Waals surface area (Å²) >= 11 is 1.84. The lowest BCUT2D eigenvalue weighted by atomic mass is 10.0. The van der Waals surface area contributed by atoms with Crippen LogP contribution in [0.15, 0.2) is 140 Å². The summed E-state index contributed by atoms with van der Waals surface area (Å²) < 4.78 is 2.56. The highest BCUT2D eigenvalue weighted by Crippen LogP contribution is 2.42. The van der Waals surface area contributed by atoms with Crippen LogP contribution in [0.1, 0.15) is 0 Å². The highest BCUT2D eigenvalue weighted by molar-refractivity contribution is 7.26. The Morgan fingerprint density at radius 2 is 1.00 bits per heavy atom. The average molecular weight is 542 g/mol. The smallest absolute Gasteiger partial charge is 0.160 e. The van der Waals surface area contributed by atoms with Crippen molar-refractivity contribution in [2.75, 3.05) is 0 Å². The minimum absolute atomic E-state index is 0.703. The van der Waals surface area contributed by atoms with Gasteiger partial charge >= 0.3 is 0 Å². The van der Waals surface area contributed by atoms with Crippen molar-refractivity contribution in [3.05, 3.63) is 140 Å². The number of hydrogen-bond donors (Lipinski definition) is 0. The Balaban J connectivity index is 1.29. The van der Waals surface area contributed by atoms with Gasteiger partial charge < -0.3 is 0 Å². The zero-order valence-electron chi connectivity index (χ0n) is 22.0. The Morgan fingerprint density at radius 1 is 0.439 bits per heavy atom. The average Bonchev–Trinajstić information content (AvgIpc) is 3.45. The molecule has 0 amide bonds. The second-order valence-corrected chi connectivity index (χ2v) is 11.1. The molecule has 0 N–H and O–H groups in total. The van der Waals surface area contributed by atoms with Crippen LogP contribution < -0.4 is 0 Å². The third-order valence-electron chi connectivity index (χ3n) is 7.50. The first-order chi connectivity index (χ1) is 20.3. The molecule has 0 aliphatic carbocycles. The van der Waals surface area contributed by atoms with E-state index in [-0.39, 0.29) is 0 Å². The fourth-order valence-electron chi connectivity index (χ4n) is 5.49. The van der Waals surface area contributed by atoms with E-state index in [9.17, 15) is 0 Å². The van der Waals surface area contributed by atoms with Crippen molar-refractivity contribution >= 4 is 42.4 Å². The van der Waals surface area contributed by atoms with Crippen molar-refractivity contribution in [3.63, 3.8) is 0 Å². The predicted molar refractivity (Wildman–Crippen MR) is 172 cm³/mol. The van der Waals surface area contributed by atoms with Gasteiger partial charge in [0, 0.05) is 47.8 Å². The molecule has 4 heteroatoms. The summed E-state index contributed by atoms with van der Waals surface area (Å²) in [6.07, 6.45) is 0. The molecule has 3 aromatic heterocycles. The molecule has 0 atom stereocenters. The first kappa shape index (κ1) is 23.7. The summed E-state index contributed by atoms with van der Waals surface area (Å²) in [6, 6.07) is 48.2. The number of aromatic nitrogens is 3. The molecule has 41 heavy (non-hydrogen) atoms. The van der Waals surface area contributed by atoms with Crippen molar-refractivity contribution in [3.8, 4) is 45.2 Å². The normalized spacial score (nSPS) is 11.4. The van der Waals surface area contributed by atoms with Crippen LogP contribution in [0.25, 0.3) is 76.2 Å². The SMILES string of the molecule is c1ccc(-c2cc(-c3ccccc3)nc(-c3ccc(-c4nc5ccccc5c5sc6ccccc6c45)cc3)n2)cc1. The molecule has 3 heterocycles. The molecule has 0 bridgehead atoms. The lowest BCUT2D eigenvalue weighted by Crippen LogP contribution is -1.96. The van der Waals surface area contributed by atoms with Gasteiger partial charge in [0.15, 0.2) is 5.82 Å². The van der Waals surface area contributed by atoms with Gasteiger partial charge in [-0.2, -0.15) is 0 Å². The number of nitrogens with zero attached hydrogens (tertiary/aromatic N) is 3. The summed E-state index contributed by atoms with van der Waals surface area (Å²) in [6.45, 7) is 0. The molecule has 0 fully saturated rings. The maximum absolute atomic E-state index is 5.18. The molecular weight excluding hydrogens is 518 g/mol. The van der Waals surface area contributed by atoms with Crippen LogP contribution in [0, 0.1) is 0 Å². The largest absolute Gasteiger partial charge is 0.247 e. The van der Waals surface area contributed by atoms with E-state index in [0.29, 0.717) is 5.82 Å². The van der Waals surface area contributed by atoms with Gasteiger partial charge in [-0.05, 0) is 18.2 Å². The number of benzene rings is 5. The van der Waals surface area contributed by atoms with Crippen molar-refractivity contribution in [2.45, 2.75) is 0 Å². The molecule has 0 aliphatic rings. The summed E-state index contributed by atoms with van der Waals surface area (Å²) in [5, 5.41) is 3.66. The van der Waals surface area contributed by atoms with Crippen LogP contribution in [-0.4, -0.2) is 15.0 Å². The minimum atomic E-state index is 0.703. The molecule has 5 aromatic carbocycles. The highest BCUT2D eigenvalue weighted by atomic mass is 32.1. The van der Waals surface area contributed by atoms with Crippen LogP contribution in [0.3, 0.4) is 0 Å². The minimum Gasteiger partial charge on any atom is -0.247 e. The number of rotatable bonds is 4. The van der Waals surface area contributed by atoms with Crippen LogP contribution in [0.4, 0.5) is 0 Å². The molecule has 0 saturated carbocycles. The van der Waals surface area contributed by atoms with E-state index in [1.54, 1.807) is 0 Å². The van der Waals surface area contributed by atoms with Gasteiger partial charge in [0.25, 0.3) is 0 Å². The Bertz CT molecular complexity index is 2130. The predicted octanol–water partition coefficient (Wildman–Crippen LogP) is 10.1. The monoisotopic (exact) mass is 541 g/mol. The van der Waals surface area contributed by atoms with Crippen molar-refractivity contribution in [2.24, 2.45) is 0 Å². The third kappa shape index (κ3) is 4.17. The lowest BCUT2D eigenvalue weighted by molar-refractivity contribution is 1.18. The van der Waals surface area contributed by atoms with Gasteiger partial charge in [0.05, 0.1) is 22.6 Å². The molecule has 0 saturated heterocycles. The Morgan fingerprint density at radius 3 is 1.68 bits per heavy atom. The zero-order chi connectivity index (χ0) is 27.2. The van der Waals surface area contributed by atoms with Crippen LogP contribution in [0.2, 0.25) is 0 Å². The van der Waals surface area contributed by atoms with E-state index >= 15 is 0 Å². The summed E-state index contributed by atoms with van der Waals surface area (Å²) in [5.74, 6) is 0.703. The van der Waals surface area contributed by atoms with E-state index in [2.05, 4.69) is 103 Å². The standard InChI is InChI=1S/C37H23N3S/c1-3-11-24(12-4-1)31-23-32(25-13-5-2-6-14-25)40-37(39-31)27-21-19-26(20-22-27)35-34-29-16-8-10-18-33(29)41-36(34)28-15-7-9-17-30(28)38-35/h1-23H. The summed E-state index contributed by atoms with van der Waals surface area (Å²) in [4.78, 5) is 15.2. The first-order valence-corrected chi connectivity index (χ1v) is 14.4. The van der Waals surface area contributed by atoms with Gasteiger partial charge in [0.2, 0.25) is 0 Å². The van der Waals surface area contributed by atoms with E-state index in [4.69, 9.17) is 15.0 Å². The number of pyridine rings is 1. The van der Waals surface area contributed by atoms with Gasteiger partial charge in [-0.25, -0.2) is 15.0 Å². The van der Waals surface area contributed by atoms with Gasteiger partial charge in [-0.3, -0.25) is 0 Å². The van der Waals surface area contributed by atoms with Crippen LogP contribution in [0.5, 0.6) is 0 Å².